The summed E-state index contributed by atoms with van der Waals surface area (Å²) in [6.45, 7) is 0.502. The van der Waals surface area contributed by atoms with Crippen molar-refractivity contribution in [3.8, 4) is 0 Å². The molecule has 21 heavy (non-hydrogen) atoms. The van der Waals surface area contributed by atoms with Gasteiger partial charge in [-0.15, -0.1) is 11.3 Å². The van der Waals surface area contributed by atoms with Crippen LogP contribution in [-0.2, 0) is 6.42 Å². The minimum Gasteiger partial charge on any atom is -0.352 e. The van der Waals surface area contributed by atoms with Gasteiger partial charge in [-0.1, -0.05) is 6.07 Å². The SMILES string of the molecule is O=C(NCCc1cccs1)c1cc(F)cc2[nH]c(=S)[nH]c12. The highest BCUT2D eigenvalue weighted by Gasteiger charge is 2.13. The number of aromatic amines is 2. The summed E-state index contributed by atoms with van der Waals surface area (Å²) in [4.78, 5) is 19.1. The molecular formula is C14H12FN3OS2. The van der Waals surface area contributed by atoms with Gasteiger partial charge in [0.2, 0.25) is 0 Å². The average molecular weight is 321 g/mol. The van der Waals surface area contributed by atoms with E-state index in [-0.39, 0.29) is 11.5 Å². The van der Waals surface area contributed by atoms with Gasteiger partial charge in [-0.2, -0.15) is 0 Å². The summed E-state index contributed by atoms with van der Waals surface area (Å²) in [5.74, 6) is -0.794. The molecule has 3 N–H and O–H groups in total. The van der Waals surface area contributed by atoms with Gasteiger partial charge in [0.25, 0.3) is 5.91 Å². The maximum absolute atomic E-state index is 13.6. The van der Waals surface area contributed by atoms with Gasteiger partial charge in [-0.3, -0.25) is 4.79 Å². The number of thiophene rings is 1. The first-order valence-corrected chi connectivity index (χ1v) is 7.64. The average Bonchev–Trinajstić information content (AvgIpc) is 3.06. The lowest BCUT2D eigenvalue weighted by Crippen LogP contribution is -2.25. The standard InChI is InChI=1S/C14H12FN3OS2/c15-8-6-10(12-11(7-8)17-14(20)18-12)13(19)16-4-3-9-2-1-5-21-9/h1-2,5-7H,3-4H2,(H,16,19)(H2,17,18,20). The zero-order chi connectivity index (χ0) is 14.8. The monoisotopic (exact) mass is 321 g/mol. The van der Waals surface area contributed by atoms with Crippen LogP contribution in [0.2, 0.25) is 0 Å². The zero-order valence-corrected chi connectivity index (χ0v) is 12.5. The van der Waals surface area contributed by atoms with E-state index in [4.69, 9.17) is 12.2 Å². The van der Waals surface area contributed by atoms with Crippen molar-refractivity contribution in [2.24, 2.45) is 0 Å². The van der Waals surface area contributed by atoms with Crippen molar-refractivity contribution in [1.29, 1.82) is 0 Å². The van der Waals surface area contributed by atoms with E-state index in [2.05, 4.69) is 15.3 Å². The first-order valence-electron chi connectivity index (χ1n) is 6.35. The second-order valence-corrected chi connectivity index (χ2v) is 5.98. The molecule has 0 saturated carbocycles. The van der Waals surface area contributed by atoms with Crippen molar-refractivity contribution in [2.75, 3.05) is 6.54 Å². The van der Waals surface area contributed by atoms with Crippen LogP contribution in [0.25, 0.3) is 11.0 Å². The number of fused-ring (bicyclic) bond motifs is 1. The molecule has 4 nitrogen and oxygen atoms in total. The van der Waals surface area contributed by atoms with Crippen LogP contribution in [0, 0.1) is 10.6 Å². The number of H-pyrrole nitrogens is 2. The lowest BCUT2D eigenvalue weighted by Gasteiger charge is -2.05. The van der Waals surface area contributed by atoms with Gasteiger partial charge in [0.05, 0.1) is 16.6 Å². The van der Waals surface area contributed by atoms with Gasteiger partial charge in [-0.05, 0) is 42.2 Å². The van der Waals surface area contributed by atoms with Gasteiger partial charge in [0.15, 0.2) is 4.77 Å². The Hall–Kier alpha value is -1.99. The van der Waals surface area contributed by atoms with E-state index in [1.807, 2.05) is 17.5 Å². The van der Waals surface area contributed by atoms with Gasteiger partial charge < -0.3 is 15.3 Å². The normalized spacial score (nSPS) is 10.9. The Morgan fingerprint density at radius 1 is 1.38 bits per heavy atom. The molecule has 7 heteroatoms. The molecule has 0 aliphatic carbocycles. The topological polar surface area (TPSA) is 60.7 Å². The van der Waals surface area contributed by atoms with Crippen molar-refractivity contribution in [1.82, 2.24) is 15.3 Å². The second-order valence-electron chi connectivity index (χ2n) is 4.54. The van der Waals surface area contributed by atoms with E-state index in [1.165, 1.54) is 17.0 Å². The summed E-state index contributed by atoms with van der Waals surface area (Å²) >= 11 is 6.62. The van der Waals surface area contributed by atoms with E-state index in [1.54, 1.807) is 11.3 Å². The number of rotatable bonds is 4. The highest BCUT2D eigenvalue weighted by molar-refractivity contribution is 7.71. The molecule has 0 unspecified atom stereocenters. The highest BCUT2D eigenvalue weighted by atomic mass is 32.1. The molecular weight excluding hydrogens is 309 g/mol. The lowest BCUT2D eigenvalue weighted by molar-refractivity contribution is 0.0955. The fourth-order valence-electron chi connectivity index (χ4n) is 2.14. The molecule has 0 aliphatic rings. The van der Waals surface area contributed by atoms with Crippen molar-refractivity contribution in [3.63, 3.8) is 0 Å². The van der Waals surface area contributed by atoms with Crippen LogP contribution >= 0.6 is 23.6 Å². The van der Waals surface area contributed by atoms with Crippen molar-refractivity contribution in [2.45, 2.75) is 6.42 Å². The minimum absolute atomic E-state index is 0.253. The quantitative estimate of drug-likeness (QED) is 0.645. The molecule has 0 fully saturated rings. The van der Waals surface area contributed by atoms with Crippen LogP contribution in [0.5, 0.6) is 0 Å². The van der Waals surface area contributed by atoms with Gasteiger partial charge in [0.1, 0.15) is 5.82 Å². The number of carbonyl (C=O) groups excluding carboxylic acids is 1. The number of benzene rings is 1. The Balaban J connectivity index is 1.79. The molecule has 1 amide bonds. The molecule has 3 rings (SSSR count). The highest BCUT2D eigenvalue weighted by Crippen LogP contribution is 2.18. The summed E-state index contributed by atoms with van der Waals surface area (Å²) in [5.41, 5.74) is 1.27. The number of hydrogen-bond donors (Lipinski definition) is 3. The van der Waals surface area contributed by atoms with E-state index in [0.29, 0.717) is 22.3 Å². The van der Waals surface area contributed by atoms with E-state index in [0.717, 1.165) is 6.42 Å². The summed E-state index contributed by atoms with van der Waals surface area (Å²) in [5, 5.41) is 4.79. The molecule has 0 atom stereocenters. The lowest BCUT2D eigenvalue weighted by atomic mass is 10.1. The van der Waals surface area contributed by atoms with Crippen LogP contribution in [0.15, 0.2) is 29.6 Å². The number of imidazole rings is 1. The fourth-order valence-corrected chi connectivity index (χ4v) is 3.06. The van der Waals surface area contributed by atoms with Gasteiger partial charge >= 0.3 is 0 Å². The van der Waals surface area contributed by atoms with Gasteiger partial charge in [-0.25, -0.2) is 4.39 Å². The Morgan fingerprint density at radius 3 is 3.00 bits per heavy atom. The number of carbonyl (C=O) groups is 1. The maximum atomic E-state index is 13.6. The number of hydrogen-bond acceptors (Lipinski definition) is 3. The molecule has 0 radical (unpaired) electrons. The molecule has 0 aliphatic heterocycles. The second kappa shape index (κ2) is 5.79. The molecule has 0 saturated heterocycles. The third-order valence-corrected chi connectivity index (χ3v) is 4.21. The Labute approximate surface area is 129 Å². The summed E-state index contributed by atoms with van der Waals surface area (Å²) in [7, 11) is 0. The smallest absolute Gasteiger partial charge is 0.253 e. The first kappa shape index (κ1) is 14.0. The fraction of sp³-hybridized carbons (Fsp3) is 0.143. The first-order chi connectivity index (χ1) is 10.1. The zero-order valence-electron chi connectivity index (χ0n) is 10.9. The van der Waals surface area contributed by atoms with E-state index >= 15 is 0 Å². The Bertz CT molecular complexity index is 836. The predicted octanol–water partition coefficient (Wildman–Crippen LogP) is 3.40. The van der Waals surface area contributed by atoms with Crippen LogP contribution in [-0.4, -0.2) is 22.4 Å². The molecule has 2 heterocycles. The molecule has 0 spiro atoms. The maximum Gasteiger partial charge on any atom is 0.253 e. The molecule has 0 bridgehead atoms. The number of aromatic nitrogens is 2. The van der Waals surface area contributed by atoms with Crippen LogP contribution in [0.4, 0.5) is 4.39 Å². The summed E-state index contributed by atoms with van der Waals surface area (Å²) in [6.07, 6.45) is 0.755. The largest absolute Gasteiger partial charge is 0.352 e. The van der Waals surface area contributed by atoms with Crippen molar-refractivity contribution >= 4 is 40.5 Å². The number of nitrogens with one attached hydrogen (secondary N) is 3. The van der Waals surface area contributed by atoms with Crippen LogP contribution < -0.4 is 5.32 Å². The number of halogens is 1. The molecule has 108 valence electrons. The van der Waals surface area contributed by atoms with Crippen LogP contribution in [0.1, 0.15) is 15.2 Å². The third kappa shape index (κ3) is 3.03. The molecule has 3 aromatic rings. The molecule has 2 aromatic heterocycles. The summed E-state index contributed by atoms with van der Waals surface area (Å²) in [6, 6.07) is 6.50. The Morgan fingerprint density at radius 2 is 2.24 bits per heavy atom. The van der Waals surface area contributed by atoms with E-state index in [9.17, 15) is 9.18 Å². The molecule has 1 aromatic carbocycles. The van der Waals surface area contributed by atoms with Crippen molar-refractivity contribution in [3.05, 3.63) is 50.7 Å². The van der Waals surface area contributed by atoms with Crippen molar-refractivity contribution < 1.29 is 9.18 Å². The summed E-state index contributed by atoms with van der Waals surface area (Å²) < 4.78 is 13.9. The third-order valence-electron chi connectivity index (χ3n) is 3.07. The van der Waals surface area contributed by atoms with Gasteiger partial charge in [0, 0.05) is 11.4 Å². The number of amides is 1. The van der Waals surface area contributed by atoms with Crippen LogP contribution in [0.3, 0.4) is 0 Å². The van der Waals surface area contributed by atoms with E-state index < -0.39 is 5.82 Å². The minimum atomic E-state index is -0.476. The Kier molecular flexibility index (Phi) is 3.85. The predicted molar refractivity (Wildman–Crippen MR) is 83.8 cm³/mol.